The Kier molecular flexibility index (Phi) is 5.72. The lowest BCUT2D eigenvalue weighted by molar-refractivity contribution is -0.140. The van der Waals surface area contributed by atoms with Crippen molar-refractivity contribution in [3.05, 3.63) is 65.7 Å². The number of carbonyl (C=O) groups is 2. The van der Waals surface area contributed by atoms with E-state index in [1.807, 2.05) is 30.3 Å². The summed E-state index contributed by atoms with van der Waals surface area (Å²) in [6, 6.07) is 16.8. The number of ether oxygens (including phenoxy) is 2. The lowest BCUT2D eigenvalue weighted by atomic mass is 10.1. The predicted molar refractivity (Wildman–Crippen MR) is 82.8 cm³/mol. The van der Waals surface area contributed by atoms with Crippen LogP contribution in [0.3, 0.4) is 0 Å². The Hall–Kier alpha value is -2.62. The molecule has 0 radical (unpaired) electrons. The third-order valence-electron chi connectivity index (χ3n) is 3.21. The van der Waals surface area contributed by atoms with Crippen molar-refractivity contribution in [2.75, 3.05) is 7.11 Å². The van der Waals surface area contributed by atoms with Gasteiger partial charge in [0.05, 0.1) is 13.5 Å². The SMILES string of the molecule is COC(=O)CCC(=O)c1ccc(OCc2ccccc2)cc1. The second-order valence-corrected chi connectivity index (χ2v) is 4.80. The Morgan fingerprint density at radius 3 is 2.23 bits per heavy atom. The Bertz CT molecular complexity index is 617. The lowest BCUT2D eigenvalue weighted by Gasteiger charge is -2.07. The van der Waals surface area contributed by atoms with Crippen molar-refractivity contribution in [2.45, 2.75) is 19.4 Å². The normalized spacial score (nSPS) is 10.0. The van der Waals surface area contributed by atoms with Gasteiger partial charge in [-0.1, -0.05) is 30.3 Å². The number of carbonyl (C=O) groups excluding carboxylic acids is 2. The van der Waals surface area contributed by atoms with E-state index in [0.29, 0.717) is 17.9 Å². The van der Waals surface area contributed by atoms with Gasteiger partial charge in [0.1, 0.15) is 12.4 Å². The molecule has 2 aromatic carbocycles. The zero-order valence-electron chi connectivity index (χ0n) is 12.5. The molecule has 0 aromatic heterocycles. The molecule has 0 aliphatic rings. The van der Waals surface area contributed by atoms with Crippen LogP contribution in [-0.2, 0) is 16.1 Å². The molecule has 0 heterocycles. The van der Waals surface area contributed by atoms with E-state index in [1.165, 1.54) is 7.11 Å². The summed E-state index contributed by atoms with van der Waals surface area (Å²) in [4.78, 5) is 22.9. The molecule has 114 valence electrons. The molecule has 0 unspecified atom stereocenters. The highest BCUT2D eigenvalue weighted by Crippen LogP contribution is 2.15. The minimum atomic E-state index is -0.379. The van der Waals surface area contributed by atoms with Gasteiger partial charge in [0.15, 0.2) is 5.78 Å². The molecule has 0 bridgehead atoms. The van der Waals surface area contributed by atoms with Crippen LogP contribution < -0.4 is 4.74 Å². The average molecular weight is 298 g/mol. The molecule has 0 fully saturated rings. The number of Topliss-reactive ketones (excluding diaryl/α,β-unsaturated/α-hetero) is 1. The summed E-state index contributed by atoms with van der Waals surface area (Å²) in [7, 11) is 1.31. The molecule has 0 saturated carbocycles. The molecule has 2 rings (SSSR count). The molecule has 2 aromatic rings. The summed E-state index contributed by atoms with van der Waals surface area (Å²) >= 11 is 0. The maximum absolute atomic E-state index is 11.9. The van der Waals surface area contributed by atoms with Gasteiger partial charge in [-0.25, -0.2) is 0 Å². The van der Waals surface area contributed by atoms with E-state index in [-0.39, 0.29) is 24.6 Å². The first kappa shape index (κ1) is 15.8. The van der Waals surface area contributed by atoms with Crippen LogP contribution in [0.5, 0.6) is 5.75 Å². The minimum Gasteiger partial charge on any atom is -0.489 e. The van der Waals surface area contributed by atoms with E-state index in [1.54, 1.807) is 24.3 Å². The second kappa shape index (κ2) is 7.98. The largest absolute Gasteiger partial charge is 0.489 e. The summed E-state index contributed by atoms with van der Waals surface area (Å²) in [6.45, 7) is 0.483. The third kappa shape index (κ3) is 4.74. The van der Waals surface area contributed by atoms with Gasteiger partial charge >= 0.3 is 5.97 Å². The average Bonchev–Trinajstić information content (AvgIpc) is 2.59. The first-order chi connectivity index (χ1) is 10.7. The zero-order valence-corrected chi connectivity index (χ0v) is 12.5. The molecule has 0 atom stereocenters. The molecular formula is C18H18O4. The van der Waals surface area contributed by atoms with Crippen molar-refractivity contribution in [1.29, 1.82) is 0 Å². The Labute approximate surface area is 129 Å². The number of hydrogen-bond acceptors (Lipinski definition) is 4. The van der Waals surface area contributed by atoms with Crippen molar-refractivity contribution >= 4 is 11.8 Å². The molecule has 22 heavy (non-hydrogen) atoms. The van der Waals surface area contributed by atoms with Gasteiger partial charge in [0.25, 0.3) is 0 Å². The van der Waals surface area contributed by atoms with Crippen molar-refractivity contribution in [1.82, 2.24) is 0 Å². The number of rotatable bonds is 7. The predicted octanol–water partition coefficient (Wildman–Crippen LogP) is 3.40. The van der Waals surface area contributed by atoms with E-state index >= 15 is 0 Å². The molecule has 0 N–H and O–H groups in total. The standard InChI is InChI=1S/C18H18O4/c1-21-18(20)12-11-17(19)15-7-9-16(10-8-15)22-13-14-5-3-2-4-6-14/h2-10H,11-13H2,1H3. The Balaban J connectivity index is 1.87. The van der Waals surface area contributed by atoms with Crippen LogP contribution in [0.1, 0.15) is 28.8 Å². The van der Waals surface area contributed by atoms with E-state index in [4.69, 9.17) is 4.74 Å². The van der Waals surface area contributed by atoms with Crippen LogP contribution >= 0.6 is 0 Å². The van der Waals surface area contributed by atoms with E-state index in [0.717, 1.165) is 5.56 Å². The molecule has 0 amide bonds. The minimum absolute atomic E-state index is 0.0833. The topological polar surface area (TPSA) is 52.6 Å². The van der Waals surface area contributed by atoms with Crippen LogP contribution in [0.15, 0.2) is 54.6 Å². The van der Waals surface area contributed by atoms with Crippen LogP contribution in [0, 0.1) is 0 Å². The molecule has 4 heteroatoms. The van der Waals surface area contributed by atoms with E-state index < -0.39 is 0 Å². The maximum Gasteiger partial charge on any atom is 0.305 e. The van der Waals surface area contributed by atoms with Crippen LogP contribution in [-0.4, -0.2) is 18.9 Å². The smallest absolute Gasteiger partial charge is 0.305 e. The van der Waals surface area contributed by atoms with Crippen molar-refractivity contribution in [3.8, 4) is 5.75 Å². The van der Waals surface area contributed by atoms with Crippen LogP contribution in [0.2, 0.25) is 0 Å². The van der Waals surface area contributed by atoms with Gasteiger partial charge in [-0.2, -0.15) is 0 Å². The molecule has 0 aliphatic carbocycles. The summed E-state index contributed by atoms with van der Waals surface area (Å²) < 4.78 is 10.2. The van der Waals surface area contributed by atoms with E-state index in [2.05, 4.69) is 4.74 Å². The third-order valence-corrected chi connectivity index (χ3v) is 3.21. The van der Waals surface area contributed by atoms with Crippen molar-refractivity contribution < 1.29 is 19.1 Å². The highest BCUT2D eigenvalue weighted by Gasteiger charge is 2.09. The highest BCUT2D eigenvalue weighted by atomic mass is 16.5. The number of benzene rings is 2. The van der Waals surface area contributed by atoms with Gasteiger partial charge in [-0.3, -0.25) is 9.59 Å². The molecule has 0 spiro atoms. The van der Waals surface area contributed by atoms with Crippen molar-refractivity contribution in [3.63, 3.8) is 0 Å². The number of ketones is 1. The molecule has 0 aliphatic heterocycles. The summed E-state index contributed by atoms with van der Waals surface area (Å²) in [5.41, 5.74) is 1.65. The van der Waals surface area contributed by atoms with Gasteiger partial charge in [0, 0.05) is 12.0 Å². The number of esters is 1. The second-order valence-electron chi connectivity index (χ2n) is 4.80. The van der Waals surface area contributed by atoms with Gasteiger partial charge in [-0.15, -0.1) is 0 Å². The summed E-state index contributed by atoms with van der Waals surface area (Å²) in [5.74, 6) is 0.240. The first-order valence-corrected chi connectivity index (χ1v) is 7.06. The Morgan fingerprint density at radius 1 is 0.909 bits per heavy atom. The monoisotopic (exact) mass is 298 g/mol. The molecule has 4 nitrogen and oxygen atoms in total. The summed E-state index contributed by atoms with van der Waals surface area (Å²) in [5, 5.41) is 0. The zero-order chi connectivity index (χ0) is 15.8. The van der Waals surface area contributed by atoms with Gasteiger partial charge < -0.3 is 9.47 Å². The van der Waals surface area contributed by atoms with Gasteiger partial charge in [-0.05, 0) is 29.8 Å². The van der Waals surface area contributed by atoms with Crippen molar-refractivity contribution in [2.24, 2.45) is 0 Å². The van der Waals surface area contributed by atoms with Crippen LogP contribution in [0.25, 0.3) is 0 Å². The van der Waals surface area contributed by atoms with E-state index in [9.17, 15) is 9.59 Å². The first-order valence-electron chi connectivity index (χ1n) is 7.06. The van der Waals surface area contributed by atoms with Crippen LogP contribution in [0.4, 0.5) is 0 Å². The summed E-state index contributed by atoms with van der Waals surface area (Å²) in [6.07, 6.45) is 0.248. The maximum atomic E-state index is 11.9. The quantitative estimate of drug-likeness (QED) is 0.580. The van der Waals surface area contributed by atoms with Gasteiger partial charge in [0.2, 0.25) is 0 Å². The fourth-order valence-corrected chi connectivity index (χ4v) is 1.94. The molecular weight excluding hydrogens is 280 g/mol. The lowest BCUT2D eigenvalue weighted by Crippen LogP contribution is -2.06. The Morgan fingerprint density at radius 2 is 1.59 bits per heavy atom. The number of methoxy groups -OCH3 is 1. The highest BCUT2D eigenvalue weighted by molar-refractivity contribution is 5.97. The number of hydrogen-bond donors (Lipinski definition) is 0. The molecule has 0 saturated heterocycles. The fraction of sp³-hybridized carbons (Fsp3) is 0.222. The fourth-order valence-electron chi connectivity index (χ4n) is 1.94.